The van der Waals surface area contributed by atoms with Crippen molar-refractivity contribution in [3.05, 3.63) is 42.5 Å². The van der Waals surface area contributed by atoms with E-state index < -0.39 is 0 Å². The Bertz CT molecular complexity index is 350. The highest BCUT2D eigenvalue weighted by Crippen LogP contribution is 1.95. The quantitative estimate of drug-likeness (QED) is 0.341. The summed E-state index contributed by atoms with van der Waals surface area (Å²) in [5, 5.41) is 11.3. The fraction of sp³-hybridized carbons (Fsp3) is 0.200. The molecule has 0 aliphatic heterocycles. The van der Waals surface area contributed by atoms with Crippen LogP contribution in [0.4, 0.5) is 0 Å². The third-order valence-electron chi connectivity index (χ3n) is 1.66. The zero-order valence-electron chi connectivity index (χ0n) is 8.04. The highest BCUT2D eigenvalue weighted by atomic mass is 16.4. The van der Waals surface area contributed by atoms with Gasteiger partial charge in [0.25, 0.3) is 0 Å². The maximum Gasteiger partial charge on any atom is 0.154 e. The van der Waals surface area contributed by atoms with Crippen molar-refractivity contribution in [3.63, 3.8) is 0 Å². The summed E-state index contributed by atoms with van der Waals surface area (Å²) in [6.45, 7) is 2.68. The van der Waals surface area contributed by atoms with Gasteiger partial charge >= 0.3 is 0 Å². The van der Waals surface area contributed by atoms with Crippen LogP contribution in [0.15, 0.2) is 41.9 Å². The van der Waals surface area contributed by atoms with Gasteiger partial charge in [0.1, 0.15) is 6.21 Å². The Kier molecular flexibility index (Phi) is 4.20. The molecule has 74 valence electrons. The molecule has 1 aromatic heterocycles. The Morgan fingerprint density at radius 3 is 3.14 bits per heavy atom. The van der Waals surface area contributed by atoms with Gasteiger partial charge in [0.15, 0.2) is 5.82 Å². The Balaban J connectivity index is 2.62. The topological polar surface area (TPSA) is 50.4 Å². The number of imidazole rings is 1. The summed E-state index contributed by atoms with van der Waals surface area (Å²) in [4.78, 5) is 4.01. The standard InChI is InChI=1S/C10H13N3O/c1-2-3-4-5-7-13-8-6-11-10(13)9-12-14/h2-6,8-9,14H,7H2,1H3/b3-2+,5-4+,12-9-. The number of allylic oxidation sites excluding steroid dienone is 4. The smallest absolute Gasteiger partial charge is 0.154 e. The predicted octanol–water partition coefficient (Wildman–Crippen LogP) is 1.82. The summed E-state index contributed by atoms with van der Waals surface area (Å²) in [6.07, 6.45) is 12.7. The SMILES string of the molecule is C/C=C/C=C/Cn1ccnc1/C=N\O. The molecule has 0 aliphatic carbocycles. The molecule has 4 heteroatoms. The van der Waals surface area contributed by atoms with Crippen LogP contribution < -0.4 is 0 Å². The van der Waals surface area contributed by atoms with Crippen LogP contribution in [0.3, 0.4) is 0 Å². The van der Waals surface area contributed by atoms with E-state index in [4.69, 9.17) is 5.21 Å². The van der Waals surface area contributed by atoms with Gasteiger partial charge in [-0.15, -0.1) is 0 Å². The molecule has 0 spiro atoms. The zero-order chi connectivity index (χ0) is 10.2. The van der Waals surface area contributed by atoms with E-state index in [-0.39, 0.29) is 0 Å². The van der Waals surface area contributed by atoms with Crippen molar-refractivity contribution in [2.45, 2.75) is 13.5 Å². The Labute approximate surface area is 82.9 Å². The van der Waals surface area contributed by atoms with Gasteiger partial charge in [0.2, 0.25) is 0 Å². The Morgan fingerprint density at radius 2 is 2.43 bits per heavy atom. The van der Waals surface area contributed by atoms with E-state index >= 15 is 0 Å². The molecular weight excluding hydrogens is 178 g/mol. The van der Waals surface area contributed by atoms with Crippen LogP contribution in [0.1, 0.15) is 12.7 Å². The fourth-order valence-electron chi connectivity index (χ4n) is 1.02. The molecule has 0 aliphatic rings. The first-order valence-corrected chi connectivity index (χ1v) is 4.35. The fourth-order valence-corrected chi connectivity index (χ4v) is 1.02. The molecular formula is C10H13N3O. The first-order valence-electron chi connectivity index (χ1n) is 4.35. The molecule has 1 N–H and O–H groups in total. The van der Waals surface area contributed by atoms with Gasteiger partial charge in [0.05, 0.1) is 0 Å². The largest absolute Gasteiger partial charge is 0.411 e. The summed E-state index contributed by atoms with van der Waals surface area (Å²) < 4.78 is 1.87. The van der Waals surface area contributed by atoms with E-state index in [9.17, 15) is 0 Å². The molecule has 0 unspecified atom stereocenters. The molecule has 0 amide bonds. The number of oxime groups is 1. The zero-order valence-corrected chi connectivity index (χ0v) is 8.04. The van der Waals surface area contributed by atoms with Gasteiger partial charge < -0.3 is 9.77 Å². The molecule has 0 saturated heterocycles. The summed E-state index contributed by atoms with van der Waals surface area (Å²) in [5.41, 5.74) is 0. The lowest BCUT2D eigenvalue weighted by Gasteiger charge is -1.98. The van der Waals surface area contributed by atoms with Crippen LogP contribution >= 0.6 is 0 Å². The van der Waals surface area contributed by atoms with Gasteiger partial charge in [-0.05, 0) is 6.92 Å². The molecule has 1 heterocycles. The van der Waals surface area contributed by atoms with E-state index in [0.29, 0.717) is 12.4 Å². The van der Waals surface area contributed by atoms with Gasteiger partial charge in [-0.1, -0.05) is 29.5 Å². The maximum atomic E-state index is 8.36. The van der Waals surface area contributed by atoms with Gasteiger partial charge in [-0.25, -0.2) is 4.98 Å². The molecule has 0 bridgehead atoms. The lowest BCUT2D eigenvalue weighted by Crippen LogP contribution is -2.00. The van der Waals surface area contributed by atoms with Crippen molar-refractivity contribution in [1.82, 2.24) is 9.55 Å². The average molecular weight is 191 g/mol. The summed E-state index contributed by atoms with van der Waals surface area (Å²) in [6, 6.07) is 0. The minimum absolute atomic E-state index is 0.637. The normalized spacial score (nSPS) is 12.4. The van der Waals surface area contributed by atoms with Gasteiger partial charge in [0, 0.05) is 18.9 Å². The van der Waals surface area contributed by atoms with Crippen LogP contribution in [0, 0.1) is 0 Å². The molecule has 0 aromatic carbocycles. The number of hydrogen-bond donors (Lipinski definition) is 1. The highest BCUT2D eigenvalue weighted by Gasteiger charge is 1.95. The third kappa shape index (κ3) is 2.90. The van der Waals surface area contributed by atoms with Gasteiger partial charge in [-0.3, -0.25) is 0 Å². The second kappa shape index (κ2) is 5.75. The third-order valence-corrected chi connectivity index (χ3v) is 1.66. The second-order valence-corrected chi connectivity index (χ2v) is 2.64. The van der Waals surface area contributed by atoms with Crippen LogP contribution in [0.2, 0.25) is 0 Å². The minimum Gasteiger partial charge on any atom is -0.411 e. The van der Waals surface area contributed by atoms with Crippen molar-refractivity contribution in [2.24, 2.45) is 5.16 Å². The molecule has 0 fully saturated rings. The molecule has 0 radical (unpaired) electrons. The average Bonchev–Trinajstić information content (AvgIpc) is 2.61. The molecule has 4 nitrogen and oxygen atoms in total. The number of nitrogens with zero attached hydrogens (tertiary/aromatic N) is 3. The van der Waals surface area contributed by atoms with Crippen LogP contribution in [-0.4, -0.2) is 21.0 Å². The van der Waals surface area contributed by atoms with Crippen LogP contribution in [0.5, 0.6) is 0 Å². The lowest BCUT2D eigenvalue weighted by molar-refractivity contribution is 0.321. The number of aromatic nitrogens is 2. The van der Waals surface area contributed by atoms with E-state index in [1.54, 1.807) is 6.20 Å². The van der Waals surface area contributed by atoms with Crippen molar-refractivity contribution < 1.29 is 5.21 Å². The summed E-state index contributed by atoms with van der Waals surface area (Å²) >= 11 is 0. The molecule has 0 saturated carbocycles. The van der Waals surface area contributed by atoms with E-state index in [0.717, 1.165) is 0 Å². The Morgan fingerprint density at radius 1 is 1.57 bits per heavy atom. The monoisotopic (exact) mass is 191 g/mol. The van der Waals surface area contributed by atoms with E-state index in [1.807, 2.05) is 42.0 Å². The lowest BCUT2D eigenvalue weighted by atomic mass is 10.4. The van der Waals surface area contributed by atoms with Crippen LogP contribution in [0.25, 0.3) is 0 Å². The number of rotatable bonds is 4. The van der Waals surface area contributed by atoms with Gasteiger partial charge in [-0.2, -0.15) is 0 Å². The van der Waals surface area contributed by atoms with Crippen LogP contribution in [-0.2, 0) is 6.54 Å². The first-order chi connectivity index (χ1) is 6.88. The second-order valence-electron chi connectivity index (χ2n) is 2.64. The maximum absolute atomic E-state index is 8.36. The molecule has 1 rings (SSSR count). The first kappa shape index (κ1) is 10.2. The Hall–Kier alpha value is -1.84. The van der Waals surface area contributed by atoms with Crippen molar-refractivity contribution >= 4 is 6.21 Å². The summed E-state index contributed by atoms with van der Waals surface area (Å²) in [7, 11) is 0. The molecule has 0 atom stereocenters. The minimum atomic E-state index is 0.637. The van der Waals surface area contributed by atoms with Crippen molar-refractivity contribution in [1.29, 1.82) is 0 Å². The van der Waals surface area contributed by atoms with E-state index in [2.05, 4.69) is 10.1 Å². The molecule has 1 aromatic rings. The summed E-state index contributed by atoms with van der Waals surface area (Å²) in [5.74, 6) is 0.637. The highest BCUT2D eigenvalue weighted by molar-refractivity contribution is 5.74. The van der Waals surface area contributed by atoms with E-state index in [1.165, 1.54) is 6.21 Å². The predicted molar refractivity (Wildman–Crippen MR) is 55.6 cm³/mol. The van der Waals surface area contributed by atoms with Crippen molar-refractivity contribution in [2.75, 3.05) is 0 Å². The number of hydrogen-bond acceptors (Lipinski definition) is 3. The van der Waals surface area contributed by atoms with Crippen molar-refractivity contribution in [3.8, 4) is 0 Å². The molecule has 14 heavy (non-hydrogen) atoms.